The fourth-order valence-electron chi connectivity index (χ4n) is 3.83. The number of hydrogen-bond donors (Lipinski definition) is 1. The number of benzene rings is 2. The first-order chi connectivity index (χ1) is 16.0. The molecule has 8 nitrogen and oxygen atoms in total. The van der Waals surface area contributed by atoms with Crippen LogP contribution in [-0.4, -0.2) is 28.6 Å². The van der Waals surface area contributed by atoms with Gasteiger partial charge in [-0.3, -0.25) is 19.2 Å². The molecule has 0 spiro atoms. The van der Waals surface area contributed by atoms with Gasteiger partial charge < -0.3 is 14.6 Å². The maximum absolute atomic E-state index is 13.7. The van der Waals surface area contributed by atoms with Crippen molar-refractivity contribution >= 4 is 46.3 Å². The summed E-state index contributed by atoms with van der Waals surface area (Å²) in [6.07, 6.45) is 3.15. The second-order valence-electron chi connectivity index (χ2n) is 7.59. The first-order valence-electron chi connectivity index (χ1n) is 10.3. The van der Waals surface area contributed by atoms with Crippen LogP contribution in [0, 0.1) is 0 Å². The van der Waals surface area contributed by atoms with Crippen molar-refractivity contribution in [3.8, 4) is 0 Å². The van der Waals surface area contributed by atoms with E-state index in [0.29, 0.717) is 33.5 Å². The fraction of sp³-hybridized carbons (Fsp3) is 0.125. The summed E-state index contributed by atoms with van der Waals surface area (Å²) in [5.41, 5.74) is 2.51. The number of nitrogens with one attached hydrogen (secondary N) is 1. The van der Waals surface area contributed by atoms with Gasteiger partial charge in [-0.25, -0.2) is 0 Å². The van der Waals surface area contributed by atoms with Gasteiger partial charge in [-0.2, -0.15) is 5.10 Å². The zero-order valence-corrected chi connectivity index (χ0v) is 18.5. The SMILES string of the molecule is CN1c2ccc(Cl)cc2N(c2ccccc2)C(=O)c2cn(CC(=O)NCc3ccco3)nc21. The molecule has 0 saturated heterocycles. The molecule has 166 valence electrons. The molecule has 1 N–H and O–H groups in total. The largest absolute Gasteiger partial charge is 0.467 e. The molecule has 2 aromatic heterocycles. The van der Waals surface area contributed by atoms with Gasteiger partial charge in [-0.1, -0.05) is 29.8 Å². The average molecular weight is 462 g/mol. The Morgan fingerprint density at radius 3 is 2.67 bits per heavy atom. The number of fused-ring (bicyclic) bond motifs is 2. The zero-order chi connectivity index (χ0) is 22.9. The summed E-state index contributed by atoms with van der Waals surface area (Å²) in [4.78, 5) is 29.6. The smallest absolute Gasteiger partial charge is 0.268 e. The molecule has 9 heteroatoms. The van der Waals surface area contributed by atoms with E-state index in [0.717, 1.165) is 5.69 Å². The van der Waals surface area contributed by atoms with Crippen molar-refractivity contribution in [3.63, 3.8) is 0 Å². The van der Waals surface area contributed by atoms with Crippen LogP contribution in [0.3, 0.4) is 0 Å². The number of anilines is 4. The number of rotatable bonds is 5. The van der Waals surface area contributed by atoms with Crippen LogP contribution in [0.5, 0.6) is 0 Å². The molecule has 2 aromatic carbocycles. The predicted molar refractivity (Wildman–Crippen MR) is 125 cm³/mol. The Balaban J connectivity index is 1.50. The second-order valence-corrected chi connectivity index (χ2v) is 8.02. The van der Waals surface area contributed by atoms with Crippen LogP contribution in [-0.2, 0) is 17.9 Å². The molecule has 5 rings (SSSR count). The maximum atomic E-state index is 13.7. The minimum Gasteiger partial charge on any atom is -0.467 e. The summed E-state index contributed by atoms with van der Waals surface area (Å²) in [7, 11) is 1.83. The zero-order valence-electron chi connectivity index (χ0n) is 17.7. The van der Waals surface area contributed by atoms with Crippen molar-refractivity contribution in [1.29, 1.82) is 0 Å². The molecule has 0 unspecified atom stereocenters. The van der Waals surface area contributed by atoms with E-state index in [1.54, 1.807) is 41.6 Å². The van der Waals surface area contributed by atoms with Crippen LogP contribution in [0.25, 0.3) is 0 Å². The first kappa shape index (κ1) is 20.8. The number of nitrogens with zero attached hydrogens (tertiary/aromatic N) is 4. The first-order valence-corrected chi connectivity index (χ1v) is 10.7. The van der Waals surface area contributed by atoms with E-state index in [2.05, 4.69) is 10.4 Å². The lowest BCUT2D eigenvalue weighted by molar-refractivity contribution is -0.122. The number of carbonyl (C=O) groups excluding carboxylic acids is 2. The van der Waals surface area contributed by atoms with Crippen LogP contribution in [0.15, 0.2) is 77.5 Å². The van der Waals surface area contributed by atoms with E-state index < -0.39 is 0 Å². The predicted octanol–water partition coefficient (Wildman–Crippen LogP) is 4.51. The number of para-hydroxylation sites is 1. The molecule has 1 aliphatic rings. The van der Waals surface area contributed by atoms with Gasteiger partial charge in [0.05, 0.1) is 24.2 Å². The number of aromatic nitrogens is 2. The van der Waals surface area contributed by atoms with E-state index in [4.69, 9.17) is 16.0 Å². The Labute approximate surface area is 195 Å². The molecule has 2 amide bonds. The number of halogens is 1. The normalized spacial score (nSPS) is 12.8. The van der Waals surface area contributed by atoms with Crippen LogP contribution < -0.4 is 15.1 Å². The van der Waals surface area contributed by atoms with Gasteiger partial charge in [0.25, 0.3) is 5.91 Å². The Hall–Kier alpha value is -4.04. The Kier molecular flexibility index (Phi) is 5.35. The molecule has 0 fully saturated rings. The van der Waals surface area contributed by atoms with Crippen molar-refractivity contribution in [1.82, 2.24) is 15.1 Å². The van der Waals surface area contributed by atoms with Crippen LogP contribution >= 0.6 is 11.6 Å². The standard InChI is InChI=1S/C24H20ClN5O3/c1-28-20-10-9-16(25)12-21(20)30(17-6-3-2-4-7-17)24(32)19-14-29(27-23(19)28)15-22(31)26-13-18-8-5-11-33-18/h2-12,14H,13,15H2,1H3,(H,26,31). The molecule has 33 heavy (non-hydrogen) atoms. The van der Waals surface area contributed by atoms with Gasteiger partial charge in [0.15, 0.2) is 5.82 Å². The quantitative estimate of drug-likeness (QED) is 0.473. The number of amides is 2. The molecule has 3 heterocycles. The Morgan fingerprint density at radius 1 is 1.09 bits per heavy atom. The van der Waals surface area contributed by atoms with E-state index in [1.165, 1.54) is 4.68 Å². The highest BCUT2D eigenvalue weighted by atomic mass is 35.5. The second kappa shape index (κ2) is 8.48. The summed E-state index contributed by atoms with van der Waals surface area (Å²) in [5.74, 6) is 0.613. The number of furan rings is 1. The monoisotopic (exact) mass is 461 g/mol. The van der Waals surface area contributed by atoms with Crippen molar-refractivity contribution in [2.75, 3.05) is 16.8 Å². The highest BCUT2D eigenvalue weighted by Gasteiger charge is 2.33. The van der Waals surface area contributed by atoms with Gasteiger partial charge in [-0.15, -0.1) is 0 Å². The highest BCUT2D eigenvalue weighted by molar-refractivity contribution is 6.31. The molecule has 0 saturated carbocycles. The summed E-state index contributed by atoms with van der Waals surface area (Å²) < 4.78 is 6.71. The van der Waals surface area contributed by atoms with Crippen molar-refractivity contribution in [3.05, 3.63) is 89.5 Å². The number of hydrogen-bond acceptors (Lipinski definition) is 5. The lowest BCUT2D eigenvalue weighted by Gasteiger charge is -2.25. The van der Waals surface area contributed by atoms with Gasteiger partial charge in [-0.05, 0) is 42.5 Å². The third kappa shape index (κ3) is 3.96. The van der Waals surface area contributed by atoms with E-state index in [-0.39, 0.29) is 24.9 Å². The van der Waals surface area contributed by atoms with Crippen molar-refractivity contribution in [2.45, 2.75) is 13.1 Å². The lowest BCUT2D eigenvalue weighted by Crippen LogP contribution is -2.27. The topological polar surface area (TPSA) is 83.6 Å². The molecule has 1 aliphatic heterocycles. The minimum absolute atomic E-state index is 0.0341. The highest BCUT2D eigenvalue weighted by Crippen LogP contribution is 2.43. The molecule has 0 aliphatic carbocycles. The van der Waals surface area contributed by atoms with Gasteiger partial charge in [0.2, 0.25) is 5.91 Å². The summed E-state index contributed by atoms with van der Waals surface area (Å²) >= 11 is 6.29. The molecule has 4 aromatic rings. The molecular weight excluding hydrogens is 442 g/mol. The van der Waals surface area contributed by atoms with Gasteiger partial charge >= 0.3 is 0 Å². The van der Waals surface area contributed by atoms with E-state index in [9.17, 15) is 9.59 Å². The molecule has 0 radical (unpaired) electrons. The summed E-state index contributed by atoms with van der Waals surface area (Å²) in [5, 5.41) is 7.86. The Bertz CT molecular complexity index is 1320. The Morgan fingerprint density at radius 2 is 1.91 bits per heavy atom. The van der Waals surface area contributed by atoms with Gasteiger partial charge in [0, 0.05) is 24.0 Å². The lowest BCUT2D eigenvalue weighted by atomic mass is 10.2. The number of carbonyl (C=O) groups is 2. The van der Waals surface area contributed by atoms with Crippen molar-refractivity contribution < 1.29 is 14.0 Å². The minimum atomic E-state index is -0.258. The molecule has 0 bridgehead atoms. The summed E-state index contributed by atoms with van der Waals surface area (Å²) in [6.45, 7) is 0.245. The maximum Gasteiger partial charge on any atom is 0.268 e. The molecule has 0 atom stereocenters. The van der Waals surface area contributed by atoms with Crippen molar-refractivity contribution in [2.24, 2.45) is 0 Å². The van der Waals surface area contributed by atoms with Gasteiger partial charge in [0.1, 0.15) is 17.9 Å². The average Bonchev–Trinajstić information content (AvgIpc) is 3.47. The van der Waals surface area contributed by atoms with Crippen LogP contribution in [0.4, 0.5) is 22.9 Å². The third-order valence-electron chi connectivity index (χ3n) is 5.39. The fourth-order valence-corrected chi connectivity index (χ4v) is 4.00. The van der Waals surface area contributed by atoms with Crippen LogP contribution in [0.1, 0.15) is 16.1 Å². The molecular formula is C24H20ClN5O3. The van der Waals surface area contributed by atoms with E-state index >= 15 is 0 Å². The third-order valence-corrected chi connectivity index (χ3v) is 5.63. The summed E-state index contributed by atoms with van der Waals surface area (Å²) in [6, 6.07) is 18.3. The van der Waals surface area contributed by atoms with Crippen LogP contribution in [0.2, 0.25) is 5.02 Å². The van der Waals surface area contributed by atoms with E-state index in [1.807, 2.05) is 48.3 Å².